The van der Waals surface area contributed by atoms with Crippen LogP contribution in [0.1, 0.15) is 13.3 Å². The summed E-state index contributed by atoms with van der Waals surface area (Å²) in [6, 6.07) is -0.0533. The van der Waals surface area contributed by atoms with Gasteiger partial charge in [-0.15, -0.1) is 0 Å². The first kappa shape index (κ1) is 10.3. The van der Waals surface area contributed by atoms with Crippen LogP contribution in [0.15, 0.2) is 4.99 Å². The monoisotopic (exact) mass is 172 g/mol. The van der Waals surface area contributed by atoms with Gasteiger partial charge in [-0.1, -0.05) is 0 Å². The highest BCUT2D eigenvalue weighted by Gasteiger charge is 2.08. The first-order valence-electron chi connectivity index (χ1n) is 3.35. The highest BCUT2D eigenvalue weighted by atomic mass is 32.1. The fraction of sp³-hybridized carbons (Fsp3) is 0.714. The van der Waals surface area contributed by atoms with E-state index >= 15 is 0 Å². The Bertz CT molecular complexity index is 185. The second kappa shape index (κ2) is 4.99. The summed E-state index contributed by atoms with van der Waals surface area (Å²) in [5, 5.41) is 2.25. The average molecular weight is 172 g/mol. The summed E-state index contributed by atoms with van der Waals surface area (Å²) < 4.78 is 0. The molecule has 62 valence electrons. The van der Waals surface area contributed by atoms with Crippen molar-refractivity contribution in [2.45, 2.75) is 19.4 Å². The zero-order chi connectivity index (χ0) is 8.85. The number of aliphatic imine (C=N–C) groups is 1. The second-order valence-electron chi connectivity index (χ2n) is 2.56. The molecule has 0 bridgehead atoms. The van der Waals surface area contributed by atoms with Crippen molar-refractivity contribution in [1.82, 2.24) is 4.90 Å². The van der Waals surface area contributed by atoms with E-state index in [4.69, 9.17) is 0 Å². The Morgan fingerprint density at radius 2 is 2.27 bits per heavy atom. The van der Waals surface area contributed by atoms with Crippen molar-refractivity contribution in [2.24, 2.45) is 4.99 Å². The Kier molecular flexibility index (Phi) is 4.66. The van der Waals surface area contributed by atoms with Crippen molar-refractivity contribution in [3.8, 4) is 0 Å². The minimum Gasteiger partial charge on any atom is -0.349 e. The molecule has 4 heteroatoms. The highest BCUT2D eigenvalue weighted by molar-refractivity contribution is 7.78. The Labute approximate surface area is 72.1 Å². The molecule has 0 N–H and O–H groups in total. The Hall–Kier alpha value is -0.730. The summed E-state index contributed by atoms with van der Waals surface area (Å²) in [5.41, 5.74) is 0. The van der Waals surface area contributed by atoms with Crippen LogP contribution in [-0.2, 0) is 4.79 Å². The van der Waals surface area contributed by atoms with Gasteiger partial charge in [-0.25, -0.2) is 4.99 Å². The first-order chi connectivity index (χ1) is 5.07. The molecule has 0 aliphatic rings. The van der Waals surface area contributed by atoms with Gasteiger partial charge in [-0.2, -0.15) is 0 Å². The van der Waals surface area contributed by atoms with Crippen LogP contribution in [0, 0.1) is 0 Å². The van der Waals surface area contributed by atoms with Crippen LogP contribution in [0.2, 0.25) is 0 Å². The van der Waals surface area contributed by atoms with Crippen LogP contribution in [0.3, 0.4) is 0 Å². The molecule has 0 spiro atoms. The quantitative estimate of drug-likeness (QED) is 0.469. The van der Waals surface area contributed by atoms with Crippen LogP contribution in [0.5, 0.6) is 0 Å². The topological polar surface area (TPSA) is 32.7 Å². The molecular weight excluding hydrogens is 160 g/mol. The maximum atomic E-state index is 11.0. The first-order valence-corrected chi connectivity index (χ1v) is 3.76. The predicted molar refractivity (Wildman–Crippen MR) is 47.8 cm³/mol. The van der Waals surface area contributed by atoms with E-state index in [0.717, 1.165) is 0 Å². The molecule has 0 aromatic carbocycles. The SMILES string of the molecule is CC(CC(=O)N(C)C)N=C=S. The van der Waals surface area contributed by atoms with Crippen molar-refractivity contribution in [3.05, 3.63) is 0 Å². The summed E-state index contributed by atoms with van der Waals surface area (Å²) in [4.78, 5) is 16.3. The molecule has 0 heterocycles. The zero-order valence-electron chi connectivity index (χ0n) is 7.00. The minimum atomic E-state index is -0.0533. The number of rotatable bonds is 3. The number of carbonyl (C=O) groups is 1. The number of carbonyl (C=O) groups excluding carboxylic acids is 1. The highest BCUT2D eigenvalue weighted by Crippen LogP contribution is 1.97. The molecule has 0 rings (SSSR count). The third kappa shape index (κ3) is 4.65. The van der Waals surface area contributed by atoms with E-state index in [-0.39, 0.29) is 11.9 Å². The summed E-state index contributed by atoms with van der Waals surface area (Å²) in [7, 11) is 3.44. The van der Waals surface area contributed by atoms with Crippen LogP contribution in [-0.4, -0.2) is 36.1 Å². The van der Waals surface area contributed by atoms with Gasteiger partial charge < -0.3 is 4.90 Å². The van der Waals surface area contributed by atoms with Gasteiger partial charge in [0.2, 0.25) is 5.91 Å². The summed E-state index contributed by atoms with van der Waals surface area (Å²) in [6.45, 7) is 1.83. The van der Waals surface area contributed by atoms with Gasteiger partial charge in [0, 0.05) is 20.5 Å². The number of hydrogen-bond acceptors (Lipinski definition) is 3. The molecule has 0 aliphatic heterocycles. The molecule has 0 aliphatic carbocycles. The van der Waals surface area contributed by atoms with Crippen molar-refractivity contribution in [2.75, 3.05) is 14.1 Å². The minimum absolute atomic E-state index is 0.0533. The third-order valence-electron chi connectivity index (χ3n) is 1.24. The molecule has 1 atom stereocenters. The van der Waals surface area contributed by atoms with Crippen LogP contribution < -0.4 is 0 Å². The lowest BCUT2D eigenvalue weighted by Gasteiger charge is -2.10. The molecule has 0 saturated carbocycles. The normalized spacial score (nSPS) is 11.5. The molecule has 3 nitrogen and oxygen atoms in total. The van der Waals surface area contributed by atoms with E-state index in [1.54, 1.807) is 14.1 Å². The number of thiocarbonyl (C=S) groups is 1. The molecule has 11 heavy (non-hydrogen) atoms. The molecule has 0 fully saturated rings. The molecule has 1 amide bonds. The van der Waals surface area contributed by atoms with E-state index in [2.05, 4.69) is 22.4 Å². The summed E-state index contributed by atoms with van der Waals surface area (Å²) in [5.74, 6) is 0.0616. The van der Waals surface area contributed by atoms with E-state index < -0.39 is 0 Å². The van der Waals surface area contributed by atoms with E-state index in [1.165, 1.54) is 4.90 Å². The number of hydrogen-bond donors (Lipinski definition) is 0. The van der Waals surface area contributed by atoms with Crippen molar-refractivity contribution in [3.63, 3.8) is 0 Å². The summed E-state index contributed by atoms with van der Waals surface area (Å²) >= 11 is 4.41. The Balaban J connectivity index is 3.84. The number of amides is 1. The number of isothiocyanates is 1. The fourth-order valence-electron chi connectivity index (χ4n) is 0.571. The molecule has 0 saturated heterocycles. The Morgan fingerprint density at radius 3 is 2.64 bits per heavy atom. The lowest BCUT2D eigenvalue weighted by Crippen LogP contribution is -2.24. The zero-order valence-corrected chi connectivity index (χ0v) is 7.81. The Morgan fingerprint density at radius 1 is 1.73 bits per heavy atom. The lowest BCUT2D eigenvalue weighted by molar-refractivity contribution is -0.128. The van der Waals surface area contributed by atoms with Gasteiger partial charge in [0.05, 0.1) is 11.2 Å². The predicted octanol–water partition coefficient (Wildman–Crippen LogP) is 0.956. The largest absolute Gasteiger partial charge is 0.349 e. The maximum Gasteiger partial charge on any atom is 0.224 e. The standard InChI is InChI=1S/C7H12N2OS/c1-6(8-5-11)4-7(10)9(2)3/h6H,4H2,1-3H3. The van der Waals surface area contributed by atoms with Gasteiger partial charge in [-0.3, -0.25) is 4.79 Å². The molecule has 0 aromatic rings. The second-order valence-corrected chi connectivity index (χ2v) is 2.74. The molecule has 0 radical (unpaired) electrons. The van der Waals surface area contributed by atoms with E-state index in [1.807, 2.05) is 6.92 Å². The van der Waals surface area contributed by atoms with Crippen LogP contribution in [0.25, 0.3) is 0 Å². The average Bonchev–Trinajstić information content (AvgIpc) is 1.87. The van der Waals surface area contributed by atoms with Gasteiger partial charge in [0.15, 0.2) is 0 Å². The van der Waals surface area contributed by atoms with Gasteiger partial charge >= 0.3 is 0 Å². The molecule has 0 aromatic heterocycles. The van der Waals surface area contributed by atoms with Crippen molar-refractivity contribution >= 4 is 23.3 Å². The van der Waals surface area contributed by atoms with Crippen molar-refractivity contribution < 1.29 is 4.79 Å². The molecule has 1 unspecified atom stereocenters. The fourth-order valence-corrected chi connectivity index (χ4v) is 0.751. The summed E-state index contributed by atoms with van der Waals surface area (Å²) in [6.07, 6.45) is 0.399. The lowest BCUT2D eigenvalue weighted by atomic mass is 10.2. The van der Waals surface area contributed by atoms with Gasteiger partial charge in [0.25, 0.3) is 0 Å². The smallest absolute Gasteiger partial charge is 0.224 e. The van der Waals surface area contributed by atoms with E-state index in [9.17, 15) is 4.79 Å². The van der Waals surface area contributed by atoms with Crippen molar-refractivity contribution in [1.29, 1.82) is 0 Å². The number of nitrogens with zero attached hydrogens (tertiary/aromatic N) is 2. The van der Waals surface area contributed by atoms with E-state index in [0.29, 0.717) is 6.42 Å². The van der Waals surface area contributed by atoms with Gasteiger partial charge in [-0.05, 0) is 19.1 Å². The third-order valence-corrected chi connectivity index (χ3v) is 1.35. The van der Waals surface area contributed by atoms with Crippen LogP contribution >= 0.6 is 12.2 Å². The van der Waals surface area contributed by atoms with Crippen LogP contribution in [0.4, 0.5) is 0 Å². The maximum absolute atomic E-state index is 11.0. The molecular formula is C7H12N2OS. The van der Waals surface area contributed by atoms with Gasteiger partial charge in [0.1, 0.15) is 0 Å².